The lowest BCUT2D eigenvalue weighted by Crippen LogP contribution is -2.27. The maximum atomic E-state index is 12.4. The Balaban J connectivity index is 2.82. The Morgan fingerprint density at radius 3 is 2.40 bits per heavy atom. The number of halogens is 3. The van der Waals surface area contributed by atoms with E-state index in [-0.39, 0.29) is 11.3 Å². The number of carbonyl (C=O) groups is 1. The summed E-state index contributed by atoms with van der Waals surface area (Å²) in [6, 6.07) is 4.87. The van der Waals surface area contributed by atoms with Crippen molar-refractivity contribution in [3.63, 3.8) is 0 Å². The van der Waals surface area contributed by atoms with Gasteiger partial charge in [-0.15, -0.1) is 0 Å². The standard InChI is InChI=1S/C13H16F3NO3/c1-12(2,3)20-11(19)17-9-6-4-5-8(7-9)10(18)13(14,15)16/h4-7,10,18H,1-3H3,(H,17,19)/t10-/m0/s1. The van der Waals surface area contributed by atoms with Gasteiger partial charge >= 0.3 is 12.3 Å². The minimum Gasteiger partial charge on any atom is -0.444 e. The number of amides is 1. The number of nitrogens with one attached hydrogen (secondary N) is 1. The van der Waals surface area contributed by atoms with Crippen LogP contribution in [0.25, 0.3) is 0 Å². The highest BCUT2D eigenvalue weighted by Gasteiger charge is 2.39. The van der Waals surface area contributed by atoms with Gasteiger partial charge in [-0.25, -0.2) is 4.79 Å². The normalized spacial score (nSPS) is 13.8. The first-order valence-electron chi connectivity index (χ1n) is 5.84. The molecule has 112 valence electrons. The Morgan fingerprint density at radius 2 is 1.90 bits per heavy atom. The van der Waals surface area contributed by atoms with E-state index in [2.05, 4.69) is 5.32 Å². The molecule has 0 bridgehead atoms. The Morgan fingerprint density at radius 1 is 1.30 bits per heavy atom. The molecular formula is C13H16F3NO3. The molecule has 1 aromatic rings. The summed E-state index contributed by atoms with van der Waals surface area (Å²) in [6.45, 7) is 4.99. The van der Waals surface area contributed by atoms with Gasteiger partial charge in [-0.1, -0.05) is 12.1 Å². The number of hydrogen-bond acceptors (Lipinski definition) is 3. The number of benzene rings is 1. The van der Waals surface area contributed by atoms with E-state index in [0.29, 0.717) is 0 Å². The number of hydrogen-bond donors (Lipinski definition) is 2. The first kappa shape index (κ1) is 16.3. The first-order valence-corrected chi connectivity index (χ1v) is 5.84. The molecule has 1 rings (SSSR count). The van der Waals surface area contributed by atoms with Crippen LogP contribution in [0, 0.1) is 0 Å². The Labute approximate surface area is 114 Å². The fourth-order valence-corrected chi connectivity index (χ4v) is 1.40. The zero-order valence-corrected chi connectivity index (χ0v) is 11.3. The molecule has 1 aromatic carbocycles. The van der Waals surface area contributed by atoms with E-state index in [1.54, 1.807) is 20.8 Å². The van der Waals surface area contributed by atoms with Crippen LogP contribution in [0.1, 0.15) is 32.4 Å². The third-order valence-electron chi connectivity index (χ3n) is 2.16. The number of alkyl halides is 3. The first-order chi connectivity index (χ1) is 8.99. The Kier molecular flexibility index (Phi) is 4.65. The lowest BCUT2D eigenvalue weighted by Gasteiger charge is -2.20. The number of aliphatic hydroxyl groups is 1. The van der Waals surface area contributed by atoms with Crippen molar-refractivity contribution in [1.82, 2.24) is 0 Å². The van der Waals surface area contributed by atoms with Crippen molar-refractivity contribution in [2.45, 2.75) is 38.7 Å². The predicted molar refractivity (Wildman–Crippen MR) is 67.3 cm³/mol. The average Bonchev–Trinajstić information content (AvgIpc) is 2.24. The van der Waals surface area contributed by atoms with Crippen molar-refractivity contribution >= 4 is 11.8 Å². The molecule has 0 heterocycles. The monoisotopic (exact) mass is 291 g/mol. The SMILES string of the molecule is CC(C)(C)OC(=O)Nc1cccc([C@H](O)C(F)(F)F)c1. The second-order valence-corrected chi connectivity index (χ2v) is 5.20. The van der Waals surface area contributed by atoms with Crippen LogP contribution in [0.2, 0.25) is 0 Å². The number of aliphatic hydroxyl groups excluding tert-OH is 1. The average molecular weight is 291 g/mol. The Hall–Kier alpha value is -1.76. The van der Waals surface area contributed by atoms with Crippen LogP contribution in [0.5, 0.6) is 0 Å². The van der Waals surface area contributed by atoms with Crippen LogP contribution in [-0.2, 0) is 4.74 Å². The number of carbonyl (C=O) groups excluding carboxylic acids is 1. The highest BCUT2D eigenvalue weighted by atomic mass is 19.4. The van der Waals surface area contributed by atoms with Gasteiger partial charge in [-0.2, -0.15) is 13.2 Å². The quantitative estimate of drug-likeness (QED) is 0.874. The topological polar surface area (TPSA) is 58.6 Å². The number of ether oxygens (including phenoxy) is 1. The minimum atomic E-state index is -4.76. The summed E-state index contributed by atoms with van der Waals surface area (Å²) in [5, 5.41) is 11.4. The molecule has 20 heavy (non-hydrogen) atoms. The van der Waals surface area contributed by atoms with E-state index in [1.165, 1.54) is 12.1 Å². The van der Waals surface area contributed by atoms with E-state index in [9.17, 15) is 18.0 Å². The van der Waals surface area contributed by atoms with Gasteiger partial charge in [-0.05, 0) is 38.5 Å². The summed E-state index contributed by atoms with van der Waals surface area (Å²) in [7, 11) is 0. The van der Waals surface area contributed by atoms with Crippen LogP contribution >= 0.6 is 0 Å². The third-order valence-corrected chi connectivity index (χ3v) is 2.16. The molecular weight excluding hydrogens is 275 g/mol. The van der Waals surface area contributed by atoms with Gasteiger partial charge in [-0.3, -0.25) is 5.32 Å². The van der Waals surface area contributed by atoms with Crippen LogP contribution in [0.15, 0.2) is 24.3 Å². The number of rotatable bonds is 2. The molecule has 0 saturated heterocycles. The van der Waals surface area contributed by atoms with Gasteiger partial charge in [0, 0.05) is 5.69 Å². The van der Waals surface area contributed by atoms with Crippen LogP contribution in [-0.4, -0.2) is 23.0 Å². The highest BCUT2D eigenvalue weighted by molar-refractivity contribution is 5.84. The smallest absolute Gasteiger partial charge is 0.418 e. The van der Waals surface area contributed by atoms with Gasteiger partial charge in [0.25, 0.3) is 0 Å². The second-order valence-electron chi connectivity index (χ2n) is 5.20. The third kappa shape index (κ3) is 5.08. The molecule has 1 atom stereocenters. The van der Waals surface area contributed by atoms with Gasteiger partial charge in [0.1, 0.15) is 5.60 Å². The minimum absolute atomic E-state index is 0.111. The van der Waals surface area contributed by atoms with Crippen molar-refractivity contribution in [3.8, 4) is 0 Å². The van der Waals surface area contributed by atoms with Crippen molar-refractivity contribution in [2.24, 2.45) is 0 Å². The summed E-state index contributed by atoms with van der Waals surface area (Å²) >= 11 is 0. The van der Waals surface area contributed by atoms with E-state index in [1.807, 2.05) is 0 Å². The lowest BCUT2D eigenvalue weighted by molar-refractivity contribution is -0.206. The molecule has 0 aromatic heterocycles. The Bertz CT molecular complexity index is 480. The van der Waals surface area contributed by atoms with Crippen molar-refractivity contribution in [1.29, 1.82) is 0 Å². The fraction of sp³-hybridized carbons (Fsp3) is 0.462. The largest absolute Gasteiger partial charge is 0.444 e. The maximum absolute atomic E-state index is 12.4. The summed E-state index contributed by atoms with van der Waals surface area (Å²) in [5.74, 6) is 0. The van der Waals surface area contributed by atoms with Crippen LogP contribution in [0.4, 0.5) is 23.7 Å². The van der Waals surface area contributed by atoms with Crippen molar-refractivity contribution in [3.05, 3.63) is 29.8 Å². The zero-order chi connectivity index (χ0) is 15.6. The van der Waals surface area contributed by atoms with Gasteiger partial charge in [0.05, 0.1) is 0 Å². The summed E-state index contributed by atoms with van der Waals surface area (Å²) < 4.78 is 42.1. The molecule has 0 spiro atoms. The summed E-state index contributed by atoms with van der Waals surface area (Å²) in [4.78, 5) is 11.5. The molecule has 0 saturated carbocycles. The summed E-state index contributed by atoms with van der Waals surface area (Å²) in [6.07, 6.45) is -8.14. The van der Waals surface area contributed by atoms with E-state index in [4.69, 9.17) is 9.84 Å². The van der Waals surface area contributed by atoms with E-state index >= 15 is 0 Å². The molecule has 0 unspecified atom stereocenters. The lowest BCUT2D eigenvalue weighted by atomic mass is 10.1. The molecule has 0 aliphatic rings. The van der Waals surface area contributed by atoms with Gasteiger partial charge < -0.3 is 9.84 Å². The van der Waals surface area contributed by atoms with Crippen LogP contribution < -0.4 is 5.32 Å². The molecule has 0 fully saturated rings. The van der Waals surface area contributed by atoms with Gasteiger partial charge in [0.15, 0.2) is 6.10 Å². The van der Waals surface area contributed by atoms with Crippen molar-refractivity contribution in [2.75, 3.05) is 5.32 Å². The zero-order valence-electron chi connectivity index (χ0n) is 11.3. The molecule has 4 nitrogen and oxygen atoms in total. The highest BCUT2D eigenvalue weighted by Crippen LogP contribution is 2.33. The predicted octanol–water partition coefficient (Wildman–Crippen LogP) is 3.63. The molecule has 2 N–H and O–H groups in total. The summed E-state index contributed by atoms with van der Waals surface area (Å²) in [5.41, 5.74) is -0.959. The molecule has 7 heteroatoms. The van der Waals surface area contributed by atoms with Gasteiger partial charge in [0.2, 0.25) is 0 Å². The fourth-order valence-electron chi connectivity index (χ4n) is 1.40. The second kappa shape index (κ2) is 5.70. The molecule has 1 amide bonds. The van der Waals surface area contributed by atoms with Crippen LogP contribution in [0.3, 0.4) is 0 Å². The van der Waals surface area contributed by atoms with E-state index in [0.717, 1.165) is 12.1 Å². The molecule has 0 aliphatic heterocycles. The van der Waals surface area contributed by atoms with E-state index < -0.39 is 24.0 Å². The number of anilines is 1. The van der Waals surface area contributed by atoms with Crippen molar-refractivity contribution < 1.29 is 27.8 Å². The maximum Gasteiger partial charge on any atom is 0.418 e. The molecule has 0 radical (unpaired) electrons. The molecule has 0 aliphatic carbocycles.